The summed E-state index contributed by atoms with van der Waals surface area (Å²) in [7, 11) is 1.57. The lowest BCUT2D eigenvalue weighted by molar-refractivity contribution is -0.123. The van der Waals surface area contributed by atoms with Crippen LogP contribution in [-0.2, 0) is 9.53 Å². The molecule has 0 radical (unpaired) electrons. The number of fused-ring (bicyclic) bond motifs is 2. The van der Waals surface area contributed by atoms with Gasteiger partial charge in [-0.05, 0) is 37.3 Å². The number of rotatable bonds is 5. The Labute approximate surface area is 160 Å². The zero-order valence-corrected chi connectivity index (χ0v) is 15.3. The third kappa shape index (κ3) is 3.44. The molecule has 8 nitrogen and oxygen atoms in total. The summed E-state index contributed by atoms with van der Waals surface area (Å²) in [6.07, 6.45) is -0.987. The number of nitrogens with one attached hydrogen (secondary N) is 2. The standard InChI is InChI=1S/C20H18N2O6/c1-11(19(23)21-13-4-6-17-18(8-13)27-10-26-17)28-20(24)16-7-12-3-5-14(25-2)9-15(12)22-16/h3-9,11,22H,10H2,1-2H3,(H,21,23). The minimum Gasteiger partial charge on any atom is -0.497 e. The average molecular weight is 382 g/mol. The lowest BCUT2D eigenvalue weighted by Gasteiger charge is -2.13. The second kappa shape index (κ2) is 7.15. The molecule has 8 heteroatoms. The molecule has 3 aromatic rings. The molecule has 2 aromatic carbocycles. The van der Waals surface area contributed by atoms with Gasteiger partial charge in [-0.3, -0.25) is 4.79 Å². The fraction of sp³-hybridized carbons (Fsp3) is 0.200. The van der Waals surface area contributed by atoms with Gasteiger partial charge in [0.15, 0.2) is 17.6 Å². The van der Waals surface area contributed by atoms with Gasteiger partial charge in [0.05, 0.1) is 7.11 Å². The van der Waals surface area contributed by atoms with Crippen molar-refractivity contribution in [1.82, 2.24) is 4.98 Å². The smallest absolute Gasteiger partial charge is 0.355 e. The Hall–Kier alpha value is -3.68. The molecule has 4 rings (SSSR count). The number of amides is 1. The Morgan fingerprint density at radius 1 is 1.11 bits per heavy atom. The topological polar surface area (TPSA) is 98.9 Å². The van der Waals surface area contributed by atoms with Crippen LogP contribution in [-0.4, -0.2) is 36.9 Å². The van der Waals surface area contributed by atoms with Gasteiger partial charge in [0.25, 0.3) is 5.91 Å². The van der Waals surface area contributed by atoms with Gasteiger partial charge in [-0.25, -0.2) is 4.79 Å². The highest BCUT2D eigenvalue weighted by Crippen LogP contribution is 2.34. The third-order valence-electron chi connectivity index (χ3n) is 4.34. The monoisotopic (exact) mass is 382 g/mol. The Morgan fingerprint density at radius 3 is 2.75 bits per heavy atom. The van der Waals surface area contributed by atoms with Crippen molar-refractivity contribution in [1.29, 1.82) is 0 Å². The molecule has 144 valence electrons. The predicted octanol–water partition coefficient (Wildman–Crippen LogP) is 3.09. The summed E-state index contributed by atoms with van der Waals surface area (Å²) < 4.78 is 21.0. The maximum absolute atomic E-state index is 12.4. The number of hydrogen-bond donors (Lipinski definition) is 2. The first-order chi connectivity index (χ1) is 13.5. The normalized spacial score (nSPS) is 13.2. The quantitative estimate of drug-likeness (QED) is 0.658. The van der Waals surface area contributed by atoms with Crippen LogP contribution in [0.2, 0.25) is 0 Å². The van der Waals surface area contributed by atoms with Gasteiger partial charge in [0.2, 0.25) is 6.79 Å². The summed E-state index contributed by atoms with van der Waals surface area (Å²) in [5, 5.41) is 3.53. The molecular weight excluding hydrogens is 364 g/mol. The minimum atomic E-state index is -0.987. The molecular formula is C20H18N2O6. The van der Waals surface area contributed by atoms with Crippen LogP contribution in [0.5, 0.6) is 17.2 Å². The Bertz CT molecular complexity index is 1060. The number of H-pyrrole nitrogens is 1. The van der Waals surface area contributed by atoms with Crippen molar-refractivity contribution in [3.8, 4) is 17.2 Å². The number of methoxy groups -OCH3 is 1. The fourth-order valence-electron chi connectivity index (χ4n) is 2.84. The van der Waals surface area contributed by atoms with Crippen molar-refractivity contribution in [2.24, 2.45) is 0 Å². The molecule has 1 atom stereocenters. The number of aromatic nitrogens is 1. The number of carbonyl (C=O) groups excluding carboxylic acids is 2. The summed E-state index contributed by atoms with van der Waals surface area (Å²) in [4.78, 5) is 27.7. The van der Waals surface area contributed by atoms with E-state index >= 15 is 0 Å². The third-order valence-corrected chi connectivity index (χ3v) is 4.34. The highest BCUT2D eigenvalue weighted by atomic mass is 16.7. The van der Waals surface area contributed by atoms with E-state index in [0.29, 0.717) is 22.9 Å². The van der Waals surface area contributed by atoms with Crippen LogP contribution in [0.3, 0.4) is 0 Å². The van der Waals surface area contributed by atoms with Gasteiger partial charge < -0.3 is 29.2 Å². The van der Waals surface area contributed by atoms with Gasteiger partial charge in [0, 0.05) is 28.7 Å². The van der Waals surface area contributed by atoms with Crippen LogP contribution in [0.1, 0.15) is 17.4 Å². The molecule has 0 aliphatic carbocycles. The van der Waals surface area contributed by atoms with E-state index in [0.717, 1.165) is 10.9 Å². The Kier molecular flexibility index (Phi) is 4.52. The second-order valence-electron chi connectivity index (χ2n) is 6.24. The molecule has 0 spiro atoms. The number of aromatic amines is 1. The van der Waals surface area contributed by atoms with Gasteiger partial charge in [-0.15, -0.1) is 0 Å². The maximum atomic E-state index is 12.4. The van der Waals surface area contributed by atoms with Gasteiger partial charge in [-0.1, -0.05) is 0 Å². The molecule has 1 aliphatic heterocycles. The highest BCUT2D eigenvalue weighted by Gasteiger charge is 2.21. The molecule has 1 aliphatic rings. The van der Waals surface area contributed by atoms with Crippen LogP contribution in [0.25, 0.3) is 10.9 Å². The largest absolute Gasteiger partial charge is 0.497 e. The second-order valence-corrected chi connectivity index (χ2v) is 6.24. The highest BCUT2D eigenvalue weighted by molar-refractivity contribution is 5.99. The average Bonchev–Trinajstić information content (AvgIpc) is 3.33. The molecule has 28 heavy (non-hydrogen) atoms. The molecule has 0 bridgehead atoms. The van der Waals surface area contributed by atoms with Crippen LogP contribution in [0.4, 0.5) is 5.69 Å². The van der Waals surface area contributed by atoms with E-state index in [9.17, 15) is 9.59 Å². The van der Waals surface area contributed by atoms with Crippen molar-refractivity contribution < 1.29 is 28.5 Å². The number of anilines is 1. The summed E-state index contributed by atoms with van der Waals surface area (Å²) in [6.45, 7) is 1.66. The van der Waals surface area contributed by atoms with Gasteiger partial charge in [-0.2, -0.15) is 0 Å². The van der Waals surface area contributed by atoms with E-state index in [1.807, 2.05) is 6.07 Å². The van der Waals surface area contributed by atoms with Gasteiger partial charge in [0.1, 0.15) is 11.4 Å². The van der Waals surface area contributed by atoms with Crippen molar-refractivity contribution in [3.63, 3.8) is 0 Å². The van der Waals surface area contributed by atoms with Crippen LogP contribution in [0, 0.1) is 0 Å². The van der Waals surface area contributed by atoms with Crippen LogP contribution in [0.15, 0.2) is 42.5 Å². The van der Waals surface area contributed by atoms with Crippen molar-refractivity contribution in [3.05, 3.63) is 48.2 Å². The first-order valence-electron chi connectivity index (χ1n) is 8.62. The van der Waals surface area contributed by atoms with E-state index in [-0.39, 0.29) is 12.5 Å². The predicted molar refractivity (Wildman–Crippen MR) is 101 cm³/mol. The van der Waals surface area contributed by atoms with E-state index < -0.39 is 18.0 Å². The van der Waals surface area contributed by atoms with E-state index in [1.165, 1.54) is 6.92 Å². The zero-order valence-electron chi connectivity index (χ0n) is 15.3. The summed E-state index contributed by atoms with van der Waals surface area (Å²) in [5.41, 5.74) is 1.52. The molecule has 1 aromatic heterocycles. The van der Waals surface area contributed by atoms with Crippen molar-refractivity contribution >= 4 is 28.5 Å². The first-order valence-corrected chi connectivity index (χ1v) is 8.62. The number of esters is 1. The van der Waals surface area contributed by atoms with Crippen LogP contribution < -0.4 is 19.5 Å². The first kappa shape index (κ1) is 17.7. The summed E-state index contributed by atoms with van der Waals surface area (Å²) in [5.74, 6) is 0.767. The number of hydrogen-bond acceptors (Lipinski definition) is 6. The van der Waals surface area contributed by atoms with Crippen molar-refractivity contribution in [2.75, 3.05) is 19.2 Å². The minimum absolute atomic E-state index is 0.150. The van der Waals surface area contributed by atoms with Gasteiger partial charge >= 0.3 is 5.97 Å². The molecule has 2 N–H and O–H groups in total. The number of carbonyl (C=O) groups is 2. The summed E-state index contributed by atoms with van der Waals surface area (Å²) >= 11 is 0. The van der Waals surface area contributed by atoms with E-state index in [4.69, 9.17) is 18.9 Å². The fourth-order valence-corrected chi connectivity index (χ4v) is 2.84. The van der Waals surface area contributed by atoms with Crippen LogP contribution >= 0.6 is 0 Å². The molecule has 0 saturated carbocycles. The summed E-state index contributed by atoms with van der Waals surface area (Å²) in [6, 6.07) is 12.1. The maximum Gasteiger partial charge on any atom is 0.355 e. The number of ether oxygens (including phenoxy) is 4. The Morgan fingerprint density at radius 2 is 1.93 bits per heavy atom. The van der Waals surface area contributed by atoms with Crippen molar-refractivity contribution in [2.45, 2.75) is 13.0 Å². The number of benzene rings is 2. The SMILES string of the molecule is COc1ccc2cc(C(=O)OC(C)C(=O)Nc3ccc4c(c3)OCO4)[nH]c2c1. The lowest BCUT2D eigenvalue weighted by atomic mass is 10.2. The zero-order chi connectivity index (χ0) is 19.7. The van der Waals surface area contributed by atoms with E-state index in [1.54, 1.807) is 43.5 Å². The lowest BCUT2D eigenvalue weighted by Crippen LogP contribution is -2.30. The molecule has 2 heterocycles. The van der Waals surface area contributed by atoms with E-state index in [2.05, 4.69) is 10.3 Å². The Balaban J connectivity index is 1.41. The molecule has 1 unspecified atom stereocenters. The molecule has 1 amide bonds. The molecule has 0 saturated heterocycles. The molecule has 0 fully saturated rings.